The lowest BCUT2D eigenvalue weighted by Crippen LogP contribution is -2.33. The predicted molar refractivity (Wildman–Crippen MR) is 80.6 cm³/mol. The molecule has 1 N–H and O–H groups in total. The molecular formula is C12H8N2O5S2. The summed E-state index contributed by atoms with van der Waals surface area (Å²) in [5, 5.41) is 19.7. The van der Waals surface area contributed by atoms with E-state index in [0.717, 1.165) is 16.7 Å². The average molecular weight is 324 g/mol. The van der Waals surface area contributed by atoms with Gasteiger partial charge in [-0.15, -0.1) is 0 Å². The number of hydrogen-bond donors (Lipinski definition) is 1. The van der Waals surface area contributed by atoms with Crippen molar-refractivity contribution in [2.45, 2.75) is 0 Å². The Morgan fingerprint density at radius 3 is 2.76 bits per heavy atom. The van der Waals surface area contributed by atoms with Gasteiger partial charge in [-0.1, -0.05) is 36.1 Å². The molecule has 0 atom stereocenters. The Kier molecular flexibility index (Phi) is 4.34. The van der Waals surface area contributed by atoms with Gasteiger partial charge in [-0.2, -0.15) is 0 Å². The van der Waals surface area contributed by atoms with E-state index in [1.54, 1.807) is 6.07 Å². The van der Waals surface area contributed by atoms with Gasteiger partial charge in [0.2, 0.25) is 0 Å². The first-order valence-corrected chi connectivity index (χ1v) is 6.83. The molecule has 2 rings (SSSR count). The maximum absolute atomic E-state index is 12.1. The molecule has 21 heavy (non-hydrogen) atoms. The van der Waals surface area contributed by atoms with E-state index in [2.05, 4.69) is 0 Å². The molecule has 1 heterocycles. The molecule has 0 spiro atoms. The van der Waals surface area contributed by atoms with Gasteiger partial charge < -0.3 is 5.11 Å². The number of amides is 1. The van der Waals surface area contributed by atoms with Gasteiger partial charge in [-0.05, 0) is 12.1 Å². The number of para-hydroxylation sites is 1. The van der Waals surface area contributed by atoms with Crippen LogP contribution in [0.1, 0.15) is 5.56 Å². The number of nitro benzene ring substituents is 1. The third-order valence-electron chi connectivity index (χ3n) is 2.59. The molecule has 9 heteroatoms. The summed E-state index contributed by atoms with van der Waals surface area (Å²) in [6.07, 6.45) is 1.35. The first-order valence-electron chi connectivity index (χ1n) is 5.60. The molecule has 1 aromatic carbocycles. The molecule has 1 amide bonds. The van der Waals surface area contributed by atoms with E-state index in [9.17, 15) is 19.7 Å². The van der Waals surface area contributed by atoms with Gasteiger partial charge in [0.05, 0.1) is 15.4 Å². The zero-order valence-corrected chi connectivity index (χ0v) is 12.0. The van der Waals surface area contributed by atoms with E-state index in [4.69, 9.17) is 17.3 Å². The van der Waals surface area contributed by atoms with Crippen molar-refractivity contribution in [1.29, 1.82) is 0 Å². The Hall–Kier alpha value is -2.26. The SMILES string of the molecule is O=C(O)CN1C(=O)C(=Cc2ccccc2[N+](=O)[O-])SC1=S. The van der Waals surface area contributed by atoms with Gasteiger partial charge in [0, 0.05) is 6.07 Å². The summed E-state index contributed by atoms with van der Waals surface area (Å²) in [5.74, 6) is -1.75. The summed E-state index contributed by atoms with van der Waals surface area (Å²) >= 11 is 5.87. The second-order valence-electron chi connectivity index (χ2n) is 3.98. The topological polar surface area (TPSA) is 101 Å². The second kappa shape index (κ2) is 6.02. The Bertz CT molecular complexity index is 686. The van der Waals surface area contributed by atoms with Gasteiger partial charge in [-0.3, -0.25) is 24.6 Å². The molecule has 1 fully saturated rings. The van der Waals surface area contributed by atoms with E-state index in [1.165, 1.54) is 24.3 Å². The third-order valence-corrected chi connectivity index (χ3v) is 3.96. The number of benzene rings is 1. The summed E-state index contributed by atoms with van der Waals surface area (Å²) in [5.41, 5.74) is 0.124. The summed E-state index contributed by atoms with van der Waals surface area (Å²) in [6, 6.07) is 5.95. The fourth-order valence-corrected chi connectivity index (χ4v) is 2.93. The molecule has 7 nitrogen and oxygen atoms in total. The maximum Gasteiger partial charge on any atom is 0.323 e. The number of carboxylic acid groups (broad SMARTS) is 1. The molecule has 1 aromatic rings. The van der Waals surface area contributed by atoms with Crippen LogP contribution in [0.2, 0.25) is 0 Å². The molecule has 1 saturated heterocycles. The highest BCUT2D eigenvalue weighted by molar-refractivity contribution is 8.26. The summed E-state index contributed by atoms with van der Waals surface area (Å²) in [4.78, 5) is 34.2. The highest BCUT2D eigenvalue weighted by Gasteiger charge is 2.33. The molecule has 0 radical (unpaired) electrons. The molecule has 108 valence electrons. The third kappa shape index (κ3) is 3.26. The fourth-order valence-electron chi connectivity index (χ4n) is 1.69. The van der Waals surface area contributed by atoms with Crippen molar-refractivity contribution in [3.8, 4) is 0 Å². The lowest BCUT2D eigenvalue weighted by molar-refractivity contribution is -0.385. The minimum absolute atomic E-state index is 0.118. The number of thiocarbonyl (C=S) groups is 1. The Labute approximate surface area is 128 Å². The monoisotopic (exact) mass is 324 g/mol. The summed E-state index contributed by atoms with van der Waals surface area (Å²) < 4.78 is 0.118. The van der Waals surface area contributed by atoms with Crippen LogP contribution < -0.4 is 0 Å². The Morgan fingerprint density at radius 1 is 1.48 bits per heavy atom. The van der Waals surface area contributed by atoms with Gasteiger partial charge in [0.15, 0.2) is 0 Å². The van der Waals surface area contributed by atoms with Gasteiger partial charge >= 0.3 is 5.97 Å². The van der Waals surface area contributed by atoms with Crippen molar-refractivity contribution in [2.75, 3.05) is 6.54 Å². The molecule has 1 aliphatic rings. The lowest BCUT2D eigenvalue weighted by Gasteiger charge is -2.10. The number of nitro groups is 1. The van der Waals surface area contributed by atoms with Crippen LogP contribution in [0.4, 0.5) is 5.69 Å². The lowest BCUT2D eigenvalue weighted by atomic mass is 10.1. The number of hydrogen-bond acceptors (Lipinski definition) is 6. The smallest absolute Gasteiger partial charge is 0.323 e. The first kappa shape index (κ1) is 15.1. The molecule has 0 aromatic heterocycles. The van der Waals surface area contributed by atoms with Crippen LogP contribution in [0.3, 0.4) is 0 Å². The van der Waals surface area contributed by atoms with Crippen LogP contribution in [0.5, 0.6) is 0 Å². The number of aliphatic carboxylic acids is 1. The summed E-state index contributed by atoms with van der Waals surface area (Å²) in [7, 11) is 0. The molecule has 0 unspecified atom stereocenters. The number of carbonyl (C=O) groups excluding carboxylic acids is 1. The Morgan fingerprint density at radius 2 is 2.14 bits per heavy atom. The standard InChI is InChI=1S/C12H8N2O5S2/c15-10(16)6-13-11(17)9(21-12(13)20)5-7-3-1-2-4-8(7)14(18)19/h1-5H,6H2,(H,15,16). The zero-order valence-electron chi connectivity index (χ0n) is 10.4. The molecule has 1 aliphatic heterocycles. The van der Waals surface area contributed by atoms with E-state index < -0.39 is 23.3 Å². The highest BCUT2D eigenvalue weighted by atomic mass is 32.2. The zero-order chi connectivity index (χ0) is 15.6. The van der Waals surface area contributed by atoms with Crippen molar-refractivity contribution in [3.63, 3.8) is 0 Å². The van der Waals surface area contributed by atoms with Crippen LogP contribution in [-0.4, -0.2) is 37.7 Å². The van der Waals surface area contributed by atoms with Crippen LogP contribution in [0.25, 0.3) is 6.08 Å². The van der Waals surface area contributed by atoms with Crippen LogP contribution in [0.15, 0.2) is 29.2 Å². The quantitative estimate of drug-likeness (QED) is 0.390. The van der Waals surface area contributed by atoms with E-state index in [1.807, 2.05) is 0 Å². The van der Waals surface area contributed by atoms with Gasteiger partial charge in [0.1, 0.15) is 10.9 Å². The highest BCUT2D eigenvalue weighted by Crippen LogP contribution is 2.33. The number of carboxylic acids is 1. The number of thioether (sulfide) groups is 1. The van der Waals surface area contributed by atoms with E-state index in [-0.39, 0.29) is 20.5 Å². The average Bonchev–Trinajstić information content (AvgIpc) is 2.66. The van der Waals surface area contributed by atoms with Crippen LogP contribution in [-0.2, 0) is 9.59 Å². The van der Waals surface area contributed by atoms with Crippen molar-refractivity contribution in [1.82, 2.24) is 4.90 Å². The predicted octanol–water partition coefficient (Wildman–Crippen LogP) is 1.88. The van der Waals surface area contributed by atoms with Gasteiger partial charge in [0.25, 0.3) is 11.6 Å². The molecule has 0 aliphatic carbocycles. The number of nitrogens with zero attached hydrogens (tertiary/aromatic N) is 2. The number of carbonyl (C=O) groups is 2. The maximum atomic E-state index is 12.1. The minimum Gasteiger partial charge on any atom is -0.480 e. The normalized spacial score (nSPS) is 16.6. The van der Waals surface area contributed by atoms with Crippen LogP contribution >= 0.6 is 24.0 Å². The van der Waals surface area contributed by atoms with Gasteiger partial charge in [-0.25, -0.2) is 0 Å². The summed E-state index contributed by atoms with van der Waals surface area (Å²) in [6.45, 7) is -0.529. The van der Waals surface area contributed by atoms with Crippen molar-refractivity contribution >= 4 is 51.9 Å². The molecular weight excluding hydrogens is 316 g/mol. The first-order chi connectivity index (χ1) is 9.90. The van der Waals surface area contributed by atoms with Crippen molar-refractivity contribution in [2.24, 2.45) is 0 Å². The van der Waals surface area contributed by atoms with E-state index >= 15 is 0 Å². The Balaban J connectivity index is 2.35. The minimum atomic E-state index is -1.18. The molecule has 0 bridgehead atoms. The van der Waals surface area contributed by atoms with E-state index in [0.29, 0.717) is 0 Å². The molecule has 0 saturated carbocycles. The fraction of sp³-hybridized carbons (Fsp3) is 0.0833. The number of rotatable bonds is 4. The van der Waals surface area contributed by atoms with Crippen LogP contribution in [0, 0.1) is 10.1 Å². The van der Waals surface area contributed by atoms with Crippen molar-refractivity contribution < 1.29 is 19.6 Å². The van der Waals surface area contributed by atoms with Crippen molar-refractivity contribution in [3.05, 3.63) is 44.8 Å². The second-order valence-corrected chi connectivity index (χ2v) is 5.65. The largest absolute Gasteiger partial charge is 0.480 e.